The van der Waals surface area contributed by atoms with Gasteiger partial charge in [-0.15, -0.1) is 0 Å². The second-order valence-electron chi connectivity index (χ2n) is 6.19. The lowest BCUT2D eigenvalue weighted by atomic mass is 9.98. The molecule has 1 fully saturated rings. The van der Waals surface area contributed by atoms with Crippen molar-refractivity contribution < 1.29 is 14.6 Å². The van der Waals surface area contributed by atoms with Gasteiger partial charge in [-0.3, -0.25) is 0 Å². The second kappa shape index (κ2) is 5.70. The molecule has 1 unspecified atom stereocenters. The van der Waals surface area contributed by atoms with Crippen LogP contribution in [0, 0.1) is 0 Å². The fourth-order valence-corrected chi connectivity index (χ4v) is 3.59. The Morgan fingerprint density at radius 1 is 1.09 bits per heavy atom. The molecule has 2 aromatic carbocycles. The van der Waals surface area contributed by atoms with Crippen LogP contribution in [0.25, 0.3) is 11.1 Å². The van der Waals surface area contributed by atoms with Crippen molar-refractivity contribution in [3.63, 3.8) is 0 Å². The van der Waals surface area contributed by atoms with Gasteiger partial charge in [-0.1, -0.05) is 48.5 Å². The van der Waals surface area contributed by atoms with Crippen molar-refractivity contribution in [2.45, 2.75) is 18.4 Å². The molecule has 0 spiro atoms. The van der Waals surface area contributed by atoms with Crippen LogP contribution < -0.4 is 0 Å². The molecule has 1 atom stereocenters. The highest BCUT2D eigenvalue weighted by Crippen LogP contribution is 2.44. The number of likely N-dealkylation sites (tertiary alicyclic amines) is 1. The number of β-amino-alcohol motifs (C(OH)–C–C–N with tert-alkyl or cyclic N) is 1. The third-order valence-electron chi connectivity index (χ3n) is 4.76. The number of carbonyl (C=O) groups excluding carboxylic acids is 1. The topological polar surface area (TPSA) is 49.8 Å². The van der Waals surface area contributed by atoms with Crippen LogP contribution in [-0.2, 0) is 4.74 Å². The van der Waals surface area contributed by atoms with Crippen molar-refractivity contribution in [2.24, 2.45) is 0 Å². The predicted octanol–water partition coefficient (Wildman–Crippen LogP) is 3.00. The average molecular weight is 309 g/mol. The quantitative estimate of drug-likeness (QED) is 0.928. The number of hydrogen-bond donors (Lipinski definition) is 1. The molecule has 118 valence electrons. The standard InChI is InChI=1S/C19H19NO3/c21-13-9-10-20(11-13)19(22)23-12-18-16-7-3-1-5-14(16)15-6-2-4-8-17(15)18/h1-8,13,18,21H,9-12H2. The van der Waals surface area contributed by atoms with Crippen LogP contribution in [0.5, 0.6) is 0 Å². The van der Waals surface area contributed by atoms with E-state index in [1.807, 2.05) is 24.3 Å². The van der Waals surface area contributed by atoms with Gasteiger partial charge >= 0.3 is 6.09 Å². The van der Waals surface area contributed by atoms with Crippen LogP contribution in [0.1, 0.15) is 23.5 Å². The van der Waals surface area contributed by atoms with E-state index < -0.39 is 6.10 Å². The second-order valence-corrected chi connectivity index (χ2v) is 6.19. The van der Waals surface area contributed by atoms with Crippen molar-refractivity contribution in [2.75, 3.05) is 19.7 Å². The largest absolute Gasteiger partial charge is 0.448 e. The molecule has 1 heterocycles. The first-order chi connectivity index (χ1) is 11.2. The maximum Gasteiger partial charge on any atom is 0.409 e. The molecule has 1 amide bonds. The van der Waals surface area contributed by atoms with Crippen LogP contribution in [-0.4, -0.2) is 41.9 Å². The molecule has 2 aromatic rings. The van der Waals surface area contributed by atoms with E-state index in [1.54, 1.807) is 4.90 Å². The highest BCUT2D eigenvalue weighted by molar-refractivity contribution is 5.79. The van der Waals surface area contributed by atoms with E-state index in [2.05, 4.69) is 24.3 Å². The van der Waals surface area contributed by atoms with Crippen LogP contribution >= 0.6 is 0 Å². The zero-order chi connectivity index (χ0) is 15.8. The monoisotopic (exact) mass is 309 g/mol. The van der Waals surface area contributed by atoms with Gasteiger partial charge in [0.05, 0.1) is 6.10 Å². The fourth-order valence-electron chi connectivity index (χ4n) is 3.59. The Hall–Kier alpha value is -2.33. The number of aliphatic hydroxyl groups is 1. The van der Waals surface area contributed by atoms with Gasteiger partial charge in [-0.25, -0.2) is 4.79 Å². The first-order valence-corrected chi connectivity index (χ1v) is 8.02. The highest BCUT2D eigenvalue weighted by atomic mass is 16.6. The van der Waals surface area contributed by atoms with Crippen LogP contribution in [0.3, 0.4) is 0 Å². The molecule has 4 rings (SSSR count). The lowest BCUT2D eigenvalue weighted by molar-refractivity contribution is 0.100. The normalized spacial score (nSPS) is 19.5. The van der Waals surface area contributed by atoms with Gasteiger partial charge in [-0.05, 0) is 28.7 Å². The Balaban J connectivity index is 1.54. The summed E-state index contributed by atoms with van der Waals surface area (Å²) in [6.45, 7) is 1.27. The lowest BCUT2D eigenvalue weighted by Crippen LogP contribution is -2.31. The minimum absolute atomic E-state index is 0.0823. The van der Waals surface area contributed by atoms with E-state index in [0.717, 1.165) is 0 Å². The van der Waals surface area contributed by atoms with Gasteiger partial charge in [0, 0.05) is 19.0 Å². The zero-order valence-corrected chi connectivity index (χ0v) is 12.8. The first kappa shape index (κ1) is 14.3. The molecule has 1 N–H and O–H groups in total. The molecule has 0 radical (unpaired) electrons. The Kier molecular flexibility index (Phi) is 3.54. The summed E-state index contributed by atoms with van der Waals surface area (Å²) in [5.74, 6) is 0.0823. The third kappa shape index (κ3) is 2.49. The summed E-state index contributed by atoms with van der Waals surface area (Å²) < 4.78 is 5.55. The number of fused-ring (bicyclic) bond motifs is 3. The third-order valence-corrected chi connectivity index (χ3v) is 4.76. The van der Waals surface area contributed by atoms with Gasteiger partial charge < -0.3 is 14.7 Å². The minimum Gasteiger partial charge on any atom is -0.448 e. The summed E-state index contributed by atoms with van der Waals surface area (Å²) in [5.41, 5.74) is 4.87. The van der Waals surface area contributed by atoms with E-state index in [9.17, 15) is 9.90 Å². The summed E-state index contributed by atoms with van der Waals surface area (Å²) in [5, 5.41) is 9.54. The van der Waals surface area contributed by atoms with Crippen molar-refractivity contribution in [3.8, 4) is 11.1 Å². The molecule has 1 aliphatic carbocycles. The molecule has 1 aliphatic heterocycles. The predicted molar refractivity (Wildman–Crippen MR) is 87.3 cm³/mol. The molecule has 23 heavy (non-hydrogen) atoms. The first-order valence-electron chi connectivity index (χ1n) is 8.02. The number of rotatable bonds is 2. The Bertz CT molecular complexity index is 697. The molecular formula is C19H19NO3. The van der Waals surface area contributed by atoms with Crippen LogP contribution in [0.15, 0.2) is 48.5 Å². The van der Waals surface area contributed by atoms with Gasteiger partial charge in [0.15, 0.2) is 0 Å². The summed E-state index contributed by atoms with van der Waals surface area (Å²) >= 11 is 0. The zero-order valence-electron chi connectivity index (χ0n) is 12.8. The van der Waals surface area contributed by atoms with Gasteiger partial charge in [0.2, 0.25) is 0 Å². The average Bonchev–Trinajstić information content (AvgIpc) is 3.15. The van der Waals surface area contributed by atoms with Crippen molar-refractivity contribution in [3.05, 3.63) is 59.7 Å². The smallest absolute Gasteiger partial charge is 0.409 e. The lowest BCUT2D eigenvalue weighted by Gasteiger charge is -2.18. The maximum atomic E-state index is 12.2. The molecule has 0 aromatic heterocycles. The molecule has 4 heteroatoms. The van der Waals surface area contributed by atoms with Gasteiger partial charge in [0.1, 0.15) is 6.61 Å². The number of carbonyl (C=O) groups is 1. The number of aliphatic hydroxyl groups excluding tert-OH is 1. The number of hydrogen-bond acceptors (Lipinski definition) is 3. The fraction of sp³-hybridized carbons (Fsp3) is 0.316. The maximum absolute atomic E-state index is 12.2. The minimum atomic E-state index is -0.421. The van der Waals surface area contributed by atoms with Gasteiger partial charge in [-0.2, -0.15) is 0 Å². The van der Waals surface area contributed by atoms with E-state index in [1.165, 1.54) is 22.3 Å². The van der Waals surface area contributed by atoms with Gasteiger partial charge in [0.25, 0.3) is 0 Å². The number of nitrogens with zero attached hydrogens (tertiary/aromatic N) is 1. The molecule has 2 aliphatic rings. The Labute approximate surface area is 135 Å². The molecule has 0 bridgehead atoms. The summed E-state index contributed by atoms with van der Waals surface area (Å²) in [6.07, 6.45) is -0.122. The van der Waals surface area contributed by atoms with E-state index >= 15 is 0 Å². The Morgan fingerprint density at radius 3 is 2.26 bits per heavy atom. The van der Waals surface area contributed by atoms with E-state index in [-0.39, 0.29) is 12.0 Å². The molecular weight excluding hydrogens is 290 g/mol. The van der Waals surface area contributed by atoms with Crippen molar-refractivity contribution in [1.29, 1.82) is 0 Å². The highest BCUT2D eigenvalue weighted by Gasteiger charge is 2.31. The number of amides is 1. The van der Waals surface area contributed by atoms with Crippen molar-refractivity contribution >= 4 is 6.09 Å². The summed E-state index contributed by atoms with van der Waals surface area (Å²) in [4.78, 5) is 13.7. The number of benzene rings is 2. The van der Waals surface area contributed by atoms with E-state index in [4.69, 9.17) is 4.74 Å². The van der Waals surface area contributed by atoms with Crippen LogP contribution in [0.2, 0.25) is 0 Å². The summed E-state index contributed by atoms with van der Waals surface area (Å²) in [6, 6.07) is 16.6. The SMILES string of the molecule is O=C(OCC1c2ccccc2-c2ccccc21)N1CCC(O)C1. The van der Waals surface area contributed by atoms with Crippen molar-refractivity contribution in [1.82, 2.24) is 4.90 Å². The molecule has 4 nitrogen and oxygen atoms in total. The Morgan fingerprint density at radius 2 is 1.70 bits per heavy atom. The van der Waals surface area contributed by atoms with E-state index in [0.29, 0.717) is 26.1 Å². The molecule has 0 saturated carbocycles. The molecule has 1 saturated heterocycles. The van der Waals surface area contributed by atoms with Crippen LogP contribution in [0.4, 0.5) is 4.79 Å². The number of ether oxygens (including phenoxy) is 1. The summed E-state index contributed by atoms with van der Waals surface area (Å²) in [7, 11) is 0.